The molecule has 0 amide bonds. The smallest absolute Gasteiger partial charge is 0.292 e. The number of rotatable bonds is 4. The summed E-state index contributed by atoms with van der Waals surface area (Å²) >= 11 is 0. The van der Waals surface area contributed by atoms with E-state index in [0.29, 0.717) is 18.2 Å². The highest BCUT2D eigenvalue weighted by Gasteiger charge is 2.32. The topological polar surface area (TPSA) is 72.4 Å². The molecule has 0 heterocycles. The molecule has 0 radical (unpaired) electrons. The van der Waals surface area contributed by atoms with Gasteiger partial charge in [0.15, 0.2) is 0 Å². The largest absolute Gasteiger partial charge is 0.366 e. The van der Waals surface area contributed by atoms with E-state index in [2.05, 4.69) is 0 Å². The maximum absolute atomic E-state index is 13.4. The van der Waals surface area contributed by atoms with Crippen LogP contribution in [0.1, 0.15) is 19.3 Å². The molecule has 6 heteroatoms. The molecule has 104 valence electrons. The normalized spacial score (nSPS) is 22.5. The lowest BCUT2D eigenvalue weighted by molar-refractivity contribution is -0.384. The Kier molecular flexibility index (Phi) is 3.99. The van der Waals surface area contributed by atoms with E-state index < -0.39 is 10.7 Å². The van der Waals surface area contributed by atoms with Gasteiger partial charge in [0.05, 0.1) is 4.92 Å². The Morgan fingerprint density at radius 2 is 2.26 bits per heavy atom. The van der Waals surface area contributed by atoms with E-state index in [-0.39, 0.29) is 11.7 Å². The molecule has 0 spiro atoms. The van der Waals surface area contributed by atoms with E-state index in [4.69, 9.17) is 5.73 Å². The molecule has 0 aliphatic heterocycles. The zero-order valence-electron chi connectivity index (χ0n) is 10.9. The molecule has 1 fully saturated rings. The average Bonchev–Trinajstić information content (AvgIpc) is 2.85. The van der Waals surface area contributed by atoms with E-state index in [1.165, 1.54) is 12.1 Å². The third kappa shape index (κ3) is 2.68. The van der Waals surface area contributed by atoms with Gasteiger partial charge in [-0.15, -0.1) is 0 Å². The van der Waals surface area contributed by atoms with Crippen LogP contribution in [-0.2, 0) is 0 Å². The molecule has 19 heavy (non-hydrogen) atoms. The van der Waals surface area contributed by atoms with Crippen LogP contribution in [0, 0.1) is 21.8 Å². The van der Waals surface area contributed by atoms with Crippen molar-refractivity contribution in [3.05, 3.63) is 34.1 Å². The van der Waals surface area contributed by atoms with Crippen LogP contribution in [-0.4, -0.2) is 24.6 Å². The number of hydrogen-bond donors (Lipinski definition) is 1. The first kappa shape index (κ1) is 13.7. The van der Waals surface area contributed by atoms with E-state index >= 15 is 0 Å². The van der Waals surface area contributed by atoms with Gasteiger partial charge in [-0.1, -0.05) is 6.42 Å². The predicted molar refractivity (Wildman–Crippen MR) is 71.6 cm³/mol. The Morgan fingerprint density at radius 1 is 1.53 bits per heavy atom. The molecule has 1 aromatic rings. The van der Waals surface area contributed by atoms with Crippen molar-refractivity contribution in [3.63, 3.8) is 0 Å². The second kappa shape index (κ2) is 5.52. The van der Waals surface area contributed by atoms with Crippen molar-refractivity contribution in [2.24, 2.45) is 11.7 Å². The summed E-state index contributed by atoms with van der Waals surface area (Å²) in [6.45, 7) is 0.554. The first-order chi connectivity index (χ1) is 9.04. The fourth-order valence-corrected chi connectivity index (χ4v) is 2.91. The summed E-state index contributed by atoms with van der Waals surface area (Å²) in [5.74, 6) is -0.150. The Morgan fingerprint density at radius 3 is 2.89 bits per heavy atom. The zero-order chi connectivity index (χ0) is 14.0. The first-order valence-electron chi connectivity index (χ1n) is 6.41. The van der Waals surface area contributed by atoms with Crippen LogP contribution in [0.25, 0.3) is 0 Å². The second-order valence-electron chi connectivity index (χ2n) is 5.00. The number of nitro groups is 1. The minimum absolute atomic E-state index is 0.0634. The maximum atomic E-state index is 13.4. The van der Waals surface area contributed by atoms with Crippen LogP contribution < -0.4 is 10.6 Å². The van der Waals surface area contributed by atoms with Gasteiger partial charge < -0.3 is 10.6 Å². The molecule has 2 unspecified atom stereocenters. The van der Waals surface area contributed by atoms with Gasteiger partial charge in [0.25, 0.3) is 5.69 Å². The molecule has 1 aliphatic carbocycles. The van der Waals surface area contributed by atoms with E-state index in [1.807, 2.05) is 4.90 Å². The average molecular weight is 267 g/mol. The van der Waals surface area contributed by atoms with E-state index in [1.54, 1.807) is 7.05 Å². The Balaban J connectivity index is 2.34. The van der Waals surface area contributed by atoms with Crippen molar-refractivity contribution in [2.45, 2.75) is 25.3 Å². The highest BCUT2D eigenvalue weighted by molar-refractivity contribution is 5.63. The fourth-order valence-electron chi connectivity index (χ4n) is 2.91. The minimum Gasteiger partial charge on any atom is -0.366 e. The quantitative estimate of drug-likeness (QED) is 0.671. The van der Waals surface area contributed by atoms with Crippen LogP contribution in [0.3, 0.4) is 0 Å². The van der Waals surface area contributed by atoms with Crippen molar-refractivity contribution in [3.8, 4) is 0 Å². The summed E-state index contributed by atoms with van der Waals surface area (Å²) in [6.07, 6.45) is 3.01. The van der Waals surface area contributed by atoms with Crippen LogP contribution in [0.4, 0.5) is 15.8 Å². The fraction of sp³-hybridized carbons (Fsp3) is 0.538. The predicted octanol–water partition coefficient (Wildman–Crippen LogP) is 2.30. The van der Waals surface area contributed by atoms with Crippen molar-refractivity contribution < 1.29 is 9.31 Å². The molecular weight excluding hydrogens is 249 g/mol. The van der Waals surface area contributed by atoms with Crippen molar-refractivity contribution in [1.82, 2.24) is 0 Å². The summed E-state index contributed by atoms with van der Waals surface area (Å²) in [5.41, 5.74) is 6.00. The molecule has 2 atom stereocenters. The number of nitro benzene ring substituents is 1. The highest BCUT2D eigenvalue weighted by atomic mass is 19.1. The summed E-state index contributed by atoms with van der Waals surface area (Å²) in [7, 11) is 1.78. The van der Waals surface area contributed by atoms with E-state index in [9.17, 15) is 14.5 Å². The Bertz CT molecular complexity index is 481. The molecule has 0 saturated heterocycles. The molecule has 2 rings (SSSR count). The second-order valence-corrected chi connectivity index (χ2v) is 5.00. The summed E-state index contributed by atoms with van der Waals surface area (Å²) in [6, 6.07) is 3.70. The number of nitrogens with two attached hydrogens (primary N) is 1. The van der Waals surface area contributed by atoms with Gasteiger partial charge in [-0.2, -0.15) is 0 Å². The Labute approximate surface area is 111 Å². The van der Waals surface area contributed by atoms with Gasteiger partial charge in [0.1, 0.15) is 11.5 Å². The van der Waals surface area contributed by atoms with Crippen LogP contribution in [0.15, 0.2) is 18.2 Å². The lowest BCUT2D eigenvalue weighted by Gasteiger charge is -2.30. The number of benzene rings is 1. The summed E-state index contributed by atoms with van der Waals surface area (Å²) < 4.78 is 13.4. The SMILES string of the molecule is CN(c1cc(F)ccc1[N+](=O)[O-])C1CCCC1CN. The van der Waals surface area contributed by atoms with Gasteiger partial charge in [-0.05, 0) is 31.4 Å². The lowest BCUT2D eigenvalue weighted by atomic mass is 10.0. The first-order valence-corrected chi connectivity index (χ1v) is 6.41. The standard InChI is InChI=1S/C13H18FN3O2/c1-16(11-4-2-3-9(11)8-15)13-7-10(14)5-6-12(13)17(18)19/h5-7,9,11H,2-4,8,15H2,1H3. The third-order valence-electron chi connectivity index (χ3n) is 3.93. The number of anilines is 1. The van der Waals surface area contributed by atoms with Crippen molar-refractivity contribution in [2.75, 3.05) is 18.5 Å². The lowest BCUT2D eigenvalue weighted by Crippen LogP contribution is -2.38. The number of halogens is 1. The Hall–Kier alpha value is -1.69. The molecule has 1 aromatic carbocycles. The third-order valence-corrected chi connectivity index (χ3v) is 3.93. The number of hydrogen-bond acceptors (Lipinski definition) is 4. The van der Waals surface area contributed by atoms with Crippen LogP contribution in [0.5, 0.6) is 0 Å². The van der Waals surface area contributed by atoms with Gasteiger partial charge >= 0.3 is 0 Å². The molecule has 0 bridgehead atoms. The van der Waals surface area contributed by atoms with Crippen molar-refractivity contribution >= 4 is 11.4 Å². The summed E-state index contributed by atoms with van der Waals surface area (Å²) in [4.78, 5) is 12.4. The molecule has 2 N–H and O–H groups in total. The molecule has 1 aliphatic rings. The van der Waals surface area contributed by atoms with E-state index in [0.717, 1.165) is 25.3 Å². The van der Waals surface area contributed by atoms with Crippen molar-refractivity contribution in [1.29, 1.82) is 0 Å². The summed E-state index contributed by atoms with van der Waals surface area (Å²) in [5, 5.41) is 11.0. The van der Waals surface area contributed by atoms with Gasteiger partial charge in [0.2, 0.25) is 0 Å². The van der Waals surface area contributed by atoms with Gasteiger partial charge in [-0.25, -0.2) is 4.39 Å². The van der Waals surface area contributed by atoms with Gasteiger partial charge in [0, 0.05) is 25.2 Å². The monoisotopic (exact) mass is 267 g/mol. The zero-order valence-corrected chi connectivity index (χ0v) is 10.9. The van der Waals surface area contributed by atoms with Gasteiger partial charge in [-0.3, -0.25) is 10.1 Å². The minimum atomic E-state index is -0.475. The molecule has 5 nitrogen and oxygen atoms in total. The van der Waals surface area contributed by atoms with Crippen LogP contribution >= 0.6 is 0 Å². The molecule has 0 aromatic heterocycles. The maximum Gasteiger partial charge on any atom is 0.292 e. The highest BCUT2D eigenvalue weighted by Crippen LogP contribution is 2.36. The molecular formula is C13H18FN3O2. The number of nitrogens with zero attached hydrogens (tertiary/aromatic N) is 2. The van der Waals surface area contributed by atoms with Crippen LogP contribution in [0.2, 0.25) is 0 Å². The molecule has 1 saturated carbocycles.